The summed E-state index contributed by atoms with van der Waals surface area (Å²) < 4.78 is 28.2. The van der Waals surface area contributed by atoms with Gasteiger partial charge in [0.05, 0.1) is 5.69 Å². The van der Waals surface area contributed by atoms with Crippen molar-refractivity contribution in [1.29, 1.82) is 0 Å². The van der Waals surface area contributed by atoms with Gasteiger partial charge in [0.15, 0.2) is 17.2 Å². The molecule has 27 heavy (non-hydrogen) atoms. The van der Waals surface area contributed by atoms with Crippen LogP contribution in [0.1, 0.15) is 29.7 Å². The minimum atomic E-state index is -1.51. The molecule has 1 unspecified atom stereocenters. The zero-order valence-electron chi connectivity index (χ0n) is 15.5. The van der Waals surface area contributed by atoms with E-state index in [0.717, 1.165) is 23.4 Å². The molecule has 1 saturated heterocycles. The molecule has 1 atom stereocenters. The molecule has 146 valence electrons. The molecule has 6 nitrogen and oxygen atoms in total. The molecule has 3 rings (SSSR count). The highest BCUT2D eigenvalue weighted by Crippen LogP contribution is 2.24. The Morgan fingerprint density at radius 3 is 2.78 bits per heavy atom. The molecule has 1 aromatic carbocycles. The molecule has 1 aromatic heterocycles. The maximum atomic E-state index is 13.4. The summed E-state index contributed by atoms with van der Waals surface area (Å²) >= 11 is 0. The second-order valence-corrected chi connectivity index (χ2v) is 7.13. The molecule has 0 radical (unpaired) electrons. The lowest BCUT2D eigenvalue weighted by molar-refractivity contribution is -0.157. The number of aliphatic hydroxyl groups is 1. The van der Waals surface area contributed by atoms with Gasteiger partial charge in [0, 0.05) is 45.0 Å². The van der Waals surface area contributed by atoms with E-state index in [1.54, 1.807) is 4.68 Å². The number of hydrogen-bond donors (Lipinski definition) is 2. The van der Waals surface area contributed by atoms with Crippen molar-refractivity contribution in [1.82, 2.24) is 20.0 Å². The Morgan fingerprint density at radius 1 is 1.33 bits per heavy atom. The summed E-state index contributed by atoms with van der Waals surface area (Å²) in [5.74, 6) is -2.26. The van der Waals surface area contributed by atoms with Crippen LogP contribution in [-0.2, 0) is 24.9 Å². The van der Waals surface area contributed by atoms with E-state index in [1.165, 1.54) is 11.0 Å². The van der Waals surface area contributed by atoms with E-state index >= 15 is 0 Å². The summed E-state index contributed by atoms with van der Waals surface area (Å²) in [6, 6.07) is 3.57. The molecule has 2 N–H and O–H groups in total. The van der Waals surface area contributed by atoms with Crippen molar-refractivity contribution >= 4 is 5.91 Å². The first-order valence-electron chi connectivity index (χ1n) is 8.94. The average molecular weight is 378 g/mol. The number of rotatable bonds is 6. The predicted molar refractivity (Wildman–Crippen MR) is 95.6 cm³/mol. The van der Waals surface area contributed by atoms with E-state index < -0.39 is 23.1 Å². The third kappa shape index (κ3) is 4.33. The summed E-state index contributed by atoms with van der Waals surface area (Å²) in [6.07, 6.45) is 2.89. The molecule has 8 heteroatoms. The quantitative estimate of drug-likeness (QED) is 0.802. The van der Waals surface area contributed by atoms with Gasteiger partial charge in [-0.25, -0.2) is 8.78 Å². The molecule has 1 aliphatic rings. The number of amides is 1. The molecule has 1 amide bonds. The van der Waals surface area contributed by atoms with Gasteiger partial charge in [-0.2, -0.15) is 5.10 Å². The molecule has 2 heterocycles. The fourth-order valence-corrected chi connectivity index (χ4v) is 3.46. The fourth-order valence-electron chi connectivity index (χ4n) is 3.46. The molecular formula is C19H24F2N4O2. The van der Waals surface area contributed by atoms with E-state index in [0.29, 0.717) is 31.5 Å². The predicted octanol–water partition coefficient (Wildman–Crippen LogP) is 1.65. The largest absolute Gasteiger partial charge is 0.379 e. The number of benzene rings is 1. The number of aromatic nitrogens is 2. The van der Waals surface area contributed by atoms with Crippen LogP contribution < -0.4 is 5.32 Å². The number of hydrogen-bond acceptors (Lipinski definition) is 4. The van der Waals surface area contributed by atoms with Crippen LogP contribution in [0, 0.1) is 18.6 Å². The van der Waals surface area contributed by atoms with Crippen LogP contribution in [0.15, 0.2) is 24.4 Å². The van der Waals surface area contributed by atoms with E-state index in [4.69, 9.17) is 0 Å². The first-order valence-corrected chi connectivity index (χ1v) is 8.94. The third-order valence-corrected chi connectivity index (χ3v) is 4.91. The molecular weight excluding hydrogens is 354 g/mol. The van der Waals surface area contributed by atoms with Crippen LogP contribution >= 0.6 is 0 Å². The SMILES string of the molecule is Cc1nn(C)cc1CNCC1(O)CCCN(Cc2ccc(F)c(F)c2)C1=O. The highest BCUT2D eigenvalue weighted by molar-refractivity contribution is 5.86. The number of nitrogens with one attached hydrogen (secondary N) is 1. The van der Waals surface area contributed by atoms with Gasteiger partial charge in [-0.05, 0) is 37.5 Å². The van der Waals surface area contributed by atoms with Crippen LogP contribution in [0.25, 0.3) is 0 Å². The second-order valence-electron chi connectivity index (χ2n) is 7.13. The number of aryl methyl sites for hydroxylation is 2. The van der Waals surface area contributed by atoms with E-state index in [9.17, 15) is 18.7 Å². The number of carbonyl (C=O) groups is 1. The second kappa shape index (κ2) is 7.74. The molecule has 1 fully saturated rings. The van der Waals surface area contributed by atoms with Crippen molar-refractivity contribution in [2.45, 2.75) is 38.5 Å². The lowest BCUT2D eigenvalue weighted by Gasteiger charge is -2.38. The monoisotopic (exact) mass is 378 g/mol. The number of piperidine rings is 1. The van der Waals surface area contributed by atoms with Crippen molar-refractivity contribution in [3.63, 3.8) is 0 Å². The smallest absolute Gasteiger partial charge is 0.256 e. The highest BCUT2D eigenvalue weighted by Gasteiger charge is 2.41. The Labute approximate surface area is 156 Å². The Morgan fingerprint density at radius 2 is 2.11 bits per heavy atom. The minimum Gasteiger partial charge on any atom is -0.379 e. The summed E-state index contributed by atoms with van der Waals surface area (Å²) in [4.78, 5) is 14.3. The van der Waals surface area contributed by atoms with Crippen molar-refractivity contribution in [3.8, 4) is 0 Å². The van der Waals surface area contributed by atoms with Crippen LogP contribution in [0.2, 0.25) is 0 Å². The van der Waals surface area contributed by atoms with Gasteiger partial charge in [-0.3, -0.25) is 9.48 Å². The van der Waals surface area contributed by atoms with Crippen LogP contribution in [-0.4, -0.2) is 44.4 Å². The molecule has 0 aliphatic carbocycles. The van der Waals surface area contributed by atoms with E-state index in [-0.39, 0.29) is 13.1 Å². The van der Waals surface area contributed by atoms with Crippen LogP contribution in [0.3, 0.4) is 0 Å². The van der Waals surface area contributed by atoms with Crippen LogP contribution in [0.4, 0.5) is 8.78 Å². The van der Waals surface area contributed by atoms with Gasteiger partial charge in [0.25, 0.3) is 5.91 Å². The first kappa shape index (κ1) is 19.4. The fraction of sp³-hybridized carbons (Fsp3) is 0.474. The van der Waals surface area contributed by atoms with Crippen molar-refractivity contribution in [2.24, 2.45) is 7.05 Å². The molecule has 1 aliphatic heterocycles. The molecule has 0 bridgehead atoms. The summed E-state index contributed by atoms with van der Waals surface area (Å²) in [7, 11) is 1.84. The standard InChI is InChI=1S/C19H24F2N4O2/c1-13-15(11-24(2)23-13)9-22-12-19(27)6-3-7-25(18(19)26)10-14-4-5-16(20)17(21)8-14/h4-5,8,11,22,27H,3,6-7,9-10,12H2,1-2H3. The van der Waals surface area contributed by atoms with E-state index in [2.05, 4.69) is 10.4 Å². The minimum absolute atomic E-state index is 0.119. The van der Waals surface area contributed by atoms with Crippen LogP contribution in [0.5, 0.6) is 0 Å². The third-order valence-electron chi connectivity index (χ3n) is 4.91. The zero-order valence-corrected chi connectivity index (χ0v) is 15.5. The Hall–Kier alpha value is -2.32. The summed E-state index contributed by atoms with van der Waals surface area (Å²) in [5, 5.41) is 18.2. The van der Waals surface area contributed by atoms with Gasteiger partial charge in [0.2, 0.25) is 0 Å². The highest BCUT2D eigenvalue weighted by atomic mass is 19.2. The van der Waals surface area contributed by atoms with Gasteiger partial charge in [-0.1, -0.05) is 6.07 Å². The number of likely N-dealkylation sites (tertiary alicyclic amines) is 1. The zero-order chi connectivity index (χ0) is 19.6. The molecule has 0 spiro atoms. The Kier molecular flexibility index (Phi) is 5.57. The van der Waals surface area contributed by atoms with Gasteiger partial charge < -0.3 is 15.3 Å². The van der Waals surface area contributed by atoms with E-state index in [1.807, 2.05) is 20.2 Å². The van der Waals surface area contributed by atoms with Gasteiger partial charge >= 0.3 is 0 Å². The van der Waals surface area contributed by atoms with Crippen molar-refractivity contribution in [2.75, 3.05) is 13.1 Å². The topological polar surface area (TPSA) is 70.4 Å². The normalized spacial score (nSPS) is 20.3. The number of halogens is 2. The average Bonchev–Trinajstić information content (AvgIpc) is 2.93. The number of carbonyl (C=O) groups excluding carboxylic acids is 1. The lowest BCUT2D eigenvalue weighted by atomic mass is 9.91. The van der Waals surface area contributed by atoms with Crippen molar-refractivity contribution < 1.29 is 18.7 Å². The number of nitrogens with zero attached hydrogens (tertiary/aromatic N) is 3. The molecule has 2 aromatic rings. The molecule has 0 saturated carbocycles. The first-order chi connectivity index (χ1) is 12.8. The van der Waals surface area contributed by atoms with Gasteiger partial charge in [0.1, 0.15) is 0 Å². The maximum Gasteiger partial charge on any atom is 0.256 e. The lowest BCUT2D eigenvalue weighted by Crippen LogP contribution is -2.57. The maximum absolute atomic E-state index is 13.4. The van der Waals surface area contributed by atoms with Gasteiger partial charge in [-0.15, -0.1) is 0 Å². The summed E-state index contributed by atoms with van der Waals surface area (Å²) in [5.41, 5.74) is 0.882. The summed E-state index contributed by atoms with van der Waals surface area (Å²) in [6.45, 7) is 3.13. The Balaban J connectivity index is 1.62. The van der Waals surface area contributed by atoms with Crippen molar-refractivity contribution in [3.05, 3.63) is 52.9 Å². The Bertz CT molecular complexity index is 839.